The van der Waals surface area contributed by atoms with Gasteiger partial charge in [0, 0.05) is 12.1 Å². The van der Waals surface area contributed by atoms with Gasteiger partial charge in [0.15, 0.2) is 0 Å². The van der Waals surface area contributed by atoms with E-state index in [0.717, 1.165) is 0 Å². The van der Waals surface area contributed by atoms with E-state index in [2.05, 4.69) is 4.72 Å². The minimum Gasteiger partial charge on any atom is -0.395 e. The van der Waals surface area contributed by atoms with Crippen molar-refractivity contribution in [3.05, 3.63) is 0 Å². The lowest BCUT2D eigenvalue weighted by atomic mass is 10.1. The van der Waals surface area contributed by atoms with Crippen LogP contribution in [0.15, 0.2) is 0 Å². The third kappa shape index (κ3) is 3.67. The zero-order valence-electron chi connectivity index (χ0n) is 9.93. The highest BCUT2D eigenvalue weighted by Gasteiger charge is 2.34. The molecule has 1 unspecified atom stereocenters. The Kier molecular flexibility index (Phi) is 4.30. The molecule has 0 aromatic rings. The van der Waals surface area contributed by atoms with Gasteiger partial charge in [-0.25, -0.2) is 0 Å². The number of nitrogens with one attached hydrogen (secondary N) is 1. The Hall–Kier alpha value is -0.210. The van der Waals surface area contributed by atoms with E-state index in [0.29, 0.717) is 6.61 Å². The highest BCUT2D eigenvalue weighted by Crippen LogP contribution is 2.13. The predicted octanol–water partition coefficient (Wildman–Crippen LogP) is -0.688. The summed E-state index contributed by atoms with van der Waals surface area (Å²) in [6.45, 7) is 5.97. The van der Waals surface area contributed by atoms with Crippen LogP contribution >= 0.6 is 0 Å². The SMILES string of the molecule is CC(C)(C)NS(=O)(=O)N1CCOCC1CO. The molecule has 1 aliphatic heterocycles. The topological polar surface area (TPSA) is 78.9 Å². The third-order valence-corrected chi connectivity index (χ3v) is 4.10. The van der Waals surface area contributed by atoms with Crippen LogP contribution in [0, 0.1) is 0 Å². The molecule has 1 fully saturated rings. The van der Waals surface area contributed by atoms with Crippen LogP contribution in [-0.2, 0) is 14.9 Å². The van der Waals surface area contributed by atoms with Gasteiger partial charge in [-0.3, -0.25) is 0 Å². The Morgan fingerprint density at radius 2 is 2.12 bits per heavy atom. The molecule has 1 heterocycles. The van der Waals surface area contributed by atoms with Crippen molar-refractivity contribution in [3.63, 3.8) is 0 Å². The molecular weight excluding hydrogens is 232 g/mol. The van der Waals surface area contributed by atoms with Crippen LogP contribution in [0.3, 0.4) is 0 Å². The molecule has 1 atom stereocenters. The minimum atomic E-state index is -3.56. The molecule has 7 heteroatoms. The van der Waals surface area contributed by atoms with Gasteiger partial charge in [-0.2, -0.15) is 17.4 Å². The average molecular weight is 252 g/mol. The normalized spacial score (nSPS) is 24.6. The highest BCUT2D eigenvalue weighted by molar-refractivity contribution is 7.87. The molecule has 1 aliphatic rings. The van der Waals surface area contributed by atoms with Crippen LogP contribution in [0.2, 0.25) is 0 Å². The molecule has 1 rings (SSSR count). The number of hydrogen-bond donors (Lipinski definition) is 2. The monoisotopic (exact) mass is 252 g/mol. The maximum atomic E-state index is 12.0. The molecule has 1 saturated heterocycles. The second kappa shape index (κ2) is 4.97. The summed E-state index contributed by atoms with van der Waals surface area (Å²) in [4.78, 5) is 0. The number of hydrogen-bond acceptors (Lipinski definition) is 4. The van der Waals surface area contributed by atoms with Crippen molar-refractivity contribution >= 4 is 10.2 Å². The molecule has 0 amide bonds. The molecule has 2 N–H and O–H groups in total. The van der Waals surface area contributed by atoms with Crippen molar-refractivity contribution in [2.24, 2.45) is 0 Å². The first-order valence-corrected chi connectivity index (χ1v) is 6.69. The molecule has 96 valence electrons. The van der Waals surface area contributed by atoms with E-state index in [9.17, 15) is 8.42 Å². The summed E-state index contributed by atoms with van der Waals surface area (Å²) in [7, 11) is -3.56. The minimum absolute atomic E-state index is 0.231. The van der Waals surface area contributed by atoms with Crippen LogP contribution in [0.4, 0.5) is 0 Å². The summed E-state index contributed by atoms with van der Waals surface area (Å²) in [6, 6.07) is -0.492. The highest BCUT2D eigenvalue weighted by atomic mass is 32.2. The van der Waals surface area contributed by atoms with Crippen LogP contribution in [0.25, 0.3) is 0 Å². The molecule has 0 aliphatic carbocycles. The summed E-state index contributed by atoms with van der Waals surface area (Å²) < 4.78 is 33.0. The van der Waals surface area contributed by atoms with Crippen molar-refractivity contribution in [2.45, 2.75) is 32.4 Å². The number of aliphatic hydroxyl groups is 1. The van der Waals surface area contributed by atoms with Crippen LogP contribution in [0.5, 0.6) is 0 Å². The van der Waals surface area contributed by atoms with Crippen molar-refractivity contribution in [3.8, 4) is 0 Å². The quantitative estimate of drug-likeness (QED) is 0.697. The maximum absolute atomic E-state index is 12.0. The van der Waals surface area contributed by atoms with Gasteiger partial charge in [0.05, 0.1) is 25.9 Å². The second-order valence-corrected chi connectivity index (χ2v) is 6.50. The van der Waals surface area contributed by atoms with Crippen molar-refractivity contribution < 1.29 is 18.3 Å². The molecule has 6 nitrogen and oxygen atoms in total. The number of ether oxygens (including phenoxy) is 1. The number of aliphatic hydroxyl groups excluding tert-OH is 1. The maximum Gasteiger partial charge on any atom is 0.280 e. The zero-order chi connectivity index (χ0) is 12.4. The Balaban J connectivity index is 2.80. The van der Waals surface area contributed by atoms with Gasteiger partial charge in [-0.15, -0.1) is 0 Å². The Labute approximate surface area is 96.8 Å². The number of rotatable bonds is 3. The molecule has 0 spiro atoms. The smallest absolute Gasteiger partial charge is 0.280 e. The average Bonchev–Trinajstić information content (AvgIpc) is 2.14. The van der Waals surface area contributed by atoms with E-state index in [4.69, 9.17) is 9.84 Å². The third-order valence-electron chi connectivity index (χ3n) is 2.13. The van der Waals surface area contributed by atoms with Gasteiger partial charge < -0.3 is 9.84 Å². The van der Waals surface area contributed by atoms with Gasteiger partial charge in [0.25, 0.3) is 10.2 Å². The van der Waals surface area contributed by atoms with E-state index < -0.39 is 21.8 Å². The first kappa shape index (κ1) is 13.9. The summed E-state index contributed by atoms with van der Waals surface area (Å²) in [6.07, 6.45) is 0. The van der Waals surface area contributed by atoms with Crippen LogP contribution < -0.4 is 4.72 Å². The Bertz CT molecular complexity index is 323. The van der Waals surface area contributed by atoms with Gasteiger partial charge in [-0.1, -0.05) is 0 Å². The molecule has 0 aromatic carbocycles. The van der Waals surface area contributed by atoms with Crippen LogP contribution in [0.1, 0.15) is 20.8 Å². The van der Waals surface area contributed by atoms with E-state index in [-0.39, 0.29) is 19.8 Å². The first-order chi connectivity index (χ1) is 7.26. The molecule has 0 saturated carbocycles. The molecular formula is C9H20N2O4S. The largest absolute Gasteiger partial charge is 0.395 e. The number of morpholine rings is 1. The van der Waals surface area contributed by atoms with Gasteiger partial charge in [0.1, 0.15) is 0 Å². The molecule has 0 radical (unpaired) electrons. The molecule has 0 aromatic heterocycles. The second-order valence-electron chi connectivity index (χ2n) is 4.88. The van der Waals surface area contributed by atoms with Crippen LogP contribution in [-0.4, -0.2) is 55.8 Å². The van der Waals surface area contributed by atoms with E-state index in [1.54, 1.807) is 20.8 Å². The lowest BCUT2D eigenvalue weighted by molar-refractivity contribution is 0.0100. The summed E-state index contributed by atoms with van der Waals surface area (Å²) in [5.74, 6) is 0. The lowest BCUT2D eigenvalue weighted by Crippen LogP contribution is -2.57. The van der Waals surface area contributed by atoms with Crippen molar-refractivity contribution in [2.75, 3.05) is 26.4 Å². The fourth-order valence-electron chi connectivity index (χ4n) is 1.55. The van der Waals surface area contributed by atoms with Crippen molar-refractivity contribution in [1.82, 2.24) is 9.03 Å². The Morgan fingerprint density at radius 1 is 1.50 bits per heavy atom. The molecule has 0 bridgehead atoms. The first-order valence-electron chi connectivity index (χ1n) is 5.25. The zero-order valence-corrected chi connectivity index (χ0v) is 10.7. The molecule has 16 heavy (non-hydrogen) atoms. The lowest BCUT2D eigenvalue weighted by Gasteiger charge is -2.35. The van der Waals surface area contributed by atoms with Gasteiger partial charge in [-0.05, 0) is 20.8 Å². The van der Waals surface area contributed by atoms with E-state index in [1.165, 1.54) is 4.31 Å². The van der Waals surface area contributed by atoms with Crippen molar-refractivity contribution in [1.29, 1.82) is 0 Å². The Morgan fingerprint density at radius 3 is 2.62 bits per heavy atom. The summed E-state index contributed by atoms with van der Waals surface area (Å²) in [5.41, 5.74) is -0.531. The van der Waals surface area contributed by atoms with Gasteiger partial charge >= 0.3 is 0 Å². The fraction of sp³-hybridized carbons (Fsp3) is 1.00. The van der Waals surface area contributed by atoms with Gasteiger partial charge in [0.2, 0.25) is 0 Å². The summed E-state index contributed by atoms with van der Waals surface area (Å²) >= 11 is 0. The van der Waals surface area contributed by atoms with E-state index >= 15 is 0 Å². The predicted molar refractivity (Wildman–Crippen MR) is 60.2 cm³/mol. The fourth-order valence-corrected chi connectivity index (χ4v) is 3.27. The summed E-state index contributed by atoms with van der Waals surface area (Å²) in [5, 5.41) is 9.11. The standard InChI is InChI=1S/C9H20N2O4S/c1-9(2,3)10-16(13,14)11-4-5-15-7-8(11)6-12/h8,10,12H,4-7H2,1-3H3. The van der Waals surface area contributed by atoms with E-state index in [1.807, 2.05) is 0 Å². The number of nitrogens with zero attached hydrogens (tertiary/aromatic N) is 1.